The first kappa shape index (κ1) is 18.9. The van der Waals surface area contributed by atoms with Crippen LogP contribution in [0, 0.1) is 19.7 Å². The maximum atomic E-state index is 13.3. The molecule has 1 aliphatic rings. The Balaban J connectivity index is 1.52. The molecule has 5 nitrogen and oxygen atoms in total. The van der Waals surface area contributed by atoms with Crippen molar-refractivity contribution in [3.63, 3.8) is 0 Å². The van der Waals surface area contributed by atoms with Crippen molar-refractivity contribution in [1.82, 2.24) is 14.1 Å². The molecule has 0 N–H and O–H groups in total. The van der Waals surface area contributed by atoms with Gasteiger partial charge < -0.3 is 4.57 Å². The zero-order chi connectivity index (χ0) is 21.0. The Hall–Kier alpha value is -3.06. The SMILES string of the molecule is Cc1cc(C(=O)Cn2cnc3scc(-c4ccc(F)cc4)c3c2=O)c(C)n1C1CC1. The number of carbonyl (C=O) groups is 1. The molecule has 0 bridgehead atoms. The highest BCUT2D eigenvalue weighted by Gasteiger charge is 2.28. The molecule has 152 valence electrons. The van der Waals surface area contributed by atoms with E-state index in [4.69, 9.17) is 0 Å². The monoisotopic (exact) mass is 421 g/mol. The van der Waals surface area contributed by atoms with Crippen molar-refractivity contribution >= 4 is 27.3 Å². The maximum absolute atomic E-state index is 13.3. The molecule has 3 heterocycles. The van der Waals surface area contributed by atoms with Crippen molar-refractivity contribution in [1.29, 1.82) is 0 Å². The number of rotatable bonds is 5. The van der Waals surface area contributed by atoms with Gasteiger partial charge in [0.05, 0.1) is 18.3 Å². The smallest absolute Gasteiger partial charge is 0.263 e. The molecule has 0 unspecified atom stereocenters. The van der Waals surface area contributed by atoms with E-state index < -0.39 is 0 Å². The molecular weight excluding hydrogens is 401 g/mol. The number of aromatic nitrogens is 3. The van der Waals surface area contributed by atoms with Crippen LogP contribution < -0.4 is 5.56 Å². The lowest BCUT2D eigenvalue weighted by Gasteiger charge is -2.08. The summed E-state index contributed by atoms with van der Waals surface area (Å²) >= 11 is 1.36. The average Bonchev–Trinajstić information content (AvgIpc) is 3.38. The number of nitrogens with zero attached hydrogens (tertiary/aromatic N) is 3. The van der Waals surface area contributed by atoms with Crippen LogP contribution in [0.5, 0.6) is 0 Å². The normalized spacial score (nSPS) is 13.8. The molecule has 4 aromatic rings. The van der Waals surface area contributed by atoms with Crippen molar-refractivity contribution in [2.45, 2.75) is 39.3 Å². The van der Waals surface area contributed by atoms with Gasteiger partial charge in [-0.1, -0.05) is 12.1 Å². The number of carbonyl (C=O) groups excluding carboxylic acids is 1. The van der Waals surface area contributed by atoms with Crippen LogP contribution in [0.15, 0.2) is 46.8 Å². The highest BCUT2D eigenvalue weighted by atomic mass is 32.1. The van der Waals surface area contributed by atoms with Gasteiger partial charge in [0, 0.05) is 33.9 Å². The van der Waals surface area contributed by atoms with Crippen molar-refractivity contribution in [3.8, 4) is 11.1 Å². The molecule has 1 aromatic carbocycles. The van der Waals surface area contributed by atoms with E-state index in [1.165, 1.54) is 34.4 Å². The summed E-state index contributed by atoms with van der Waals surface area (Å²) in [7, 11) is 0. The second-order valence-electron chi connectivity index (χ2n) is 7.82. The summed E-state index contributed by atoms with van der Waals surface area (Å²) in [5.74, 6) is -0.431. The van der Waals surface area contributed by atoms with Gasteiger partial charge in [0.25, 0.3) is 5.56 Å². The number of aryl methyl sites for hydroxylation is 1. The molecule has 0 amide bonds. The second kappa shape index (κ2) is 7.02. The van der Waals surface area contributed by atoms with Crippen LogP contribution in [0.2, 0.25) is 0 Å². The predicted molar refractivity (Wildman–Crippen MR) is 116 cm³/mol. The highest BCUT2D eigenvalue weighted by Crippen LogP contribution is 2.38. The minimum Gasteiger partial charge on any atom is -0.345 e. The third-order valence-corrected chi connectivity index (χ3v) is 6.61. The number of Topliss-reactive ketones (excluding diaryl/α,β-unsaturated/α-hetero) is 1. The van der Waals surface area contributed by atoms with E-state index in [0.29, 0.717) is 27.4 Å². The van der Waals surface area contributed by atoms with E-state index in [-0.39, 0.29) is 23.7 Å². The molecule has 0 atom stereocenters. The molecule has 0 aliphatic heterocycles. The van der Waals surface area contributed by atoms with Gasteiger partial charge in [-0.2, -0.15) is 0 Å². The maximum Gasteiger partial charge on any atom is 0.263 e. The fraction of sp³-hybridized carbons (Fsp3) is 0.261. The van der Waals surface area contributed by atoms with E-state index in [1.54, 1.807) is 12.1 Å². The highest BCUT2D eigenvalue weighted by molar-refractivity contribution is 7.17. The van der Waals surface area contributed by atoms with Crippen molar-refractivity contribution in [2.24, 2.45) is 0 Å². The number of hydrogen-bond acceptors (Lipinski definition) is 4. The van der Waals surface area contributed by atoms with Crippen LogP contribution in [0.3, 0.4) is 0 Å². The number of fused-ring (bicyclic) bond motifs is 1. The lowest BCUT2D eigenvalue weighted by Crippen LogP contribution is -2.24. The first-order valence-electron chi connectivity index (χ1n) is 9.88. The number of ketones is 1. The van der Waals surface area contributed by atoms with Gasteiger partial charge in [0.15, 0.2) is 5.78 Å². The zero-order valence-corrected chi connectivity index (χ0v) is 17.5. The van der Waals surface area contributed by atoms with Crippen LogP contribution in [0.1, 0.15) is 40.6 Å². The average molecular weight is 421 g/mol. The lowest BCUT2D eigenvalue weighted by molar-refractivity contribution is 0.0970. The van der Waals surface area contributed by atoms with Crippen LogP contribution in [0.4, 0.5) is 4.39 Å². The van der Waals surface area contributed by atoms with Gasteiger partial charge in [0.1, 0.15) is 10.6 Å². The van der Waals surface area contributed by atoms with E-state index in [0.717, 1.165) is 29.8 Å². The first-order chi connectivity index (χ1) is 14.4. The molecule has 30 heavy (non-hydrogen) atoms. The molecular formula is C23H20FN3O2S. The fourth-order valence-electron chi connectivity index (χ4n) is 4.12. The minimum absolute atomic E-state index is 0.0601. The van der Waals surface area contributed by atoms with Gasteiger partial charge in [0.2, 0.25) is 0 Å². The molecule has 1 fully saturated rings. The topological polar surface area (TPSA) is 56.9 Å². The number of hydrogen-bond donors (Lipinski definition) is 0. The third kappa shape index (κ3) is 3.10. The summed E-state index contributed by atoms with van der Waals surface area (Å²) in [6, 6.07) is 8.44. The van der Waals surface area contributed by atoms with Crippen molar-refractivity contribution in [2.75, 3.05) is 0 Å². The summed E-state index contributed by atoms with van der Waals surface area (Å²) in [5, 5.41) is 2.31. The zero-order valence-electron chi connectivity index (χ0n) is 16.7. The Morgan fingerprint density at radius 2 is 1.97 bits per heavy atom. The molecule has 7 heteroatoms. The molecule has 3 aromatic heterocycles. The van der Waals surface area contributed by atoms with Crippen LogP contribution >= 0.6 is 11.3 Å². The van der Waals surface area contributed by atoms with Crippen LogP contribution in [0.25, 0.3) is 21.3 Å². The van der Waals surface area contributed by atoms with Gasteiger partial charge in [-0.15, -0.1) is 11.3 Å². The molecule has 1 saturated carbocycles. The van der Waals surface area contributed by atoms with E-state index in [1.807, 2.05) is 25.3 Å². The number of halogens is 1. The second-order valence-corrected chi connectivity index (χ2v) is 8.68. The van der Waals surface area contributed by atoms with E-state index in [2.05, 4.69) is 9.55 Å². The minimum atomic E-state index is -0.330. The molecule has 1 aliphatic carbocycles. The predicted octanol–water partition coefficient (Wildman–Crippen LogP) is 4.90. The molecule has 0 saturated heterocycles. The van der Waals surface area contributed by atoms with Crippen molar-refractivity contribution < 1.29 is 9.18 Å². The summed E-state index contributed by atoms with van der Waals surface area (Å²) in [4.78, 5) is 31.2. The van der Waals surface area contributed by atoms with Gasteiger partial charge >= 0.3 is 0 Å². The molecule has 0 spiro atoms. The Morgan fingerprint density at radius 3 is 2.67 bits per heavy atom. The fourth-order valence-corrected chi connectivity index (χ4v) is 5.02. The summed E-state index contributed by atoms with van der Waals surface area (Å²) in [6.45, 7) is 3.92. The Morgan fingerprint density at radius 1 is 1.23 bits per heavy atom. The van der Waals surface area contributed by atoms with Gasteiger partial charge in [-0.3, -0.25) is 14.2 Å². The lowest BCUT2D eigenvalue weighted by atomic mass is 10.1. The Labute approximate surface area is 176 Å². The van der Waals surface area contributed by atoms with Crippen LogP contribution in [-0.4, -0.2) is 19.9 Å². The third-order valence-electron chi connectivity index (χ3n) is 5.73. The molecule has 0 radical (unpaired) electrons. The van der Waals surface area contributed by atoms with Crippen LogP contribution in [-0.2, 0) is 6.54 Å². The van der Waals surface area contributed by atoms with E-state index in [9.17, 15) is 14.0 Å². The summed E-state index contributed by atoms with van der Waals surface area (Å²) in [6.07, 6.45) is 3.73. The summed E-state index contributed by atoms with van der Waals surface area (Å²) in [5.41, 5.74) is 3.90. The first-order valence-corrected chi connectivity index (χ1v) is 10.8. The number of thiophene rings is 1. The van der Waals surface area contributed by atoms with Gasteiger partial charge in [-0.25, -0.2) is 9.37 Å². The Bertz CT molecular complexity index is 1340. The Kier molecular flexibility index (Phi) is 4.43. The van der Waals surface area contributed by atoms with Crippen molar-refractivity contribution in [3.05, 3.63) is 75.2 Å². The number of benzene rings is 1. The largest absolute Gasteiger partial charge is 0.345 e. The standard InChI is InChI=1S/C23H20FN3O2S/c1-13-9-18(14(2)27(13)17-7-8-17)20(28)10-26-12-25-22-21(23(26)29)19(11-30-22)15-3-5-16(24)6-4-15/h3-6,9,11-12,17H,7-8,10H2,1-2H3. The quantitative estimate of drug-likeness (QED) is 0.431. The molecule has 5 rings (SSSR count). The van der Waals surface area contributed by atoms with Gasteiger partial charge in [-0.05, 0) is 50.5 Å². The van der Waals surface area contributed by atoms with E-state index >= 15 is 0 Å². The summed E-state index contributed by atoms with van der Waals surface area (Å²) < 4.78 is 16.9.